The smallest absolute Gasteiger partial charge is 0.330 e. The number of rotatable bonds is 7. The van der Waals surface area contributed by atoms with Crippen molar-refractivity contribution >= 4 is 46.2 Å². The van der Waals surface area contributed by atoms with Gasteiger partial charge in [-0.25, -0.2) is 4.79 Å². The Morgan fingerprint density at radius 1 is 1.13 bits per heavy atom. The fourth-order valence-electron chi connectivity index (χ4n) is 2.82. The second-order valence-electron chi connectivity index (χ2n) is 5.84. The largest absolute Gasteiger partial charge is 0.466 e. The monoisotopic (exact) mass is 462 g/mol. The molecule has 12 heteroatoms. The second kappa shape index (κ2) is 9.14. The normalized spacial score (nSPS) is 11.1. The predicted molar refractivity (Wildman–Crippen MR) is 101 cm³/mol. The molecule has 2 aromatic carbocycles. The van der Waals surface area contributed by atoms with Gasteiger partial charge < -0.3 is 4.74 Å². The van der Waals surface area contributed by atoms with Crippen LogP contribution in [0.3, 0.4) is 0 Å². The van der Waals surface area contributed by atoms with Crippen LogP contribution >= 0.6 is 23.2 Å². The number of aromatic nitrogens is 2. The van der Waals surface area contributed by atoms with Crippen LogP contribution in [-0.4, -0.2) is 23.0 Å². The van der Waals surface area contributed by atoms with Gasteiger partial charge in [-0.15, -0.1) is 5.10 Å². The van der Waals surface area contributed by atoms with Crippen molar-refractivity contribution < 1.29 is 38.0 Å². The number of carbonyl (C=O) groups excluding carboxylic acids is 1. The van der Waals surface area contributed by atoms with Gasteiger partial charge in [-0.1, -0.05) is 34.1 Å². The highest BCUT2D eigenvalue weighted by molar-refractivity contribution is 6.35. The molecule has 1 heterocycles. The zero-order valence-electron chi connectivity index (χ0n) is 15.0. The fourth-order valence-corrected chi connectivity index (χ4v) is 3.30. The predicted octanol–water partition coefficient (Wildman–Crippen LogP) is 4.96. The molecular formula is C18H11Cl2F3N2O5. The highest BCUT2D eigenvalue weighted by Gasteiger charge is 2.26. The van der Waals surface area contributed by atoms with Gasteiger partial charge in [-0.05, 0) is 29.8 Å². The van der Waals surface area contributed by atoms with Gasteiger partial charge in [0, 0.05) is 41.7 Å². The highest BCUT2D eigenvalue weighted by Crippen LogP contribution is 2.43. The molecule has 0 spiro atoms. The molecule has 0 amide bonds. The summed E-state index contributed by atoms with van der Waals surface area (Å²) in [6, 6.07) is 5.82. The van der Waals surface area contributed by atoms with Crippen LogP contribution in [0.1, 0.15) is 16.8 Å². The van der Waals surface area contributed by atoms with E-state index in [-0.39, 0.29) is 33.6 Å². The highest BCUT2D eigenvalue weighted by atomic mass is 35.5. The summed E-state index contributed by atoms with van der Waals surface area (Å²) in [5.41, 5.74) is 0.191. The molecule has 0 unspecified atom stereocenters. The molecule has 1 aromatic heterocycles. The maximum atomic E-state index is 13.4. The van der Waals surface area contributed by atoms with Crippen LogP contribution in [0.25, 0.3) is 17.0 Å². The number of fused-ring (bicyclic) bond motifs is 1. The minimum Gasteiger partial charge on any atom is -0.466 e. The van der Waals surface area contributed by atoms with Crippen molar-refractivity contribution in [3.05, 3.63) is 57.2 Å². The molecule has 0 aliphatic heterocycles. The number of hydrogen-bond donors (Lipinski definition) is 0. The lowest BCUT2D eigenvalue weighted by Gasteiger charge is -2.11. The summed E-state index contributed by atoms with van der Waals surface area (Å²) in [6.45, 7) is 0. The van der Waals surface area contributed by atoms with Gasteiger partial charge in [0.25, 0.3) is 0 Å². The van der Waals surface area contributed by atoms with Crippen molar-refractivity contribution in [1.29, 1.82) is 0 Å². The van der Waals surface area contributed by atoms with E-state index in [9.17, 15) is 18.4 Å². The third-order valence-corrected chi connectivity index (χ3v) is 4.73. The molecule has 0 aliphatic rings. The third kappa shape index (κ3) is 4.10. The van der Waals surface area contributed by atoms with E-state index in [1.807, 2.05) is 0 Å². The van der Waals surface area contributed by atoms with Crippen molar-refractivity contribution in [2.24, 2.45) is 0 Å². The van der Waals surface area contributed by atoms with E-state index in [1.165, 1.54) is 12.1 Å². The molecule has 158 valence electrons. The van der Waals surface area contributed by atoms with Gasteiger partial charge in [-0.3, -0.25) is 9.88 Å². The Labute approximate surface area is 176 Å². The summed E-state index contributed by atoms with van der Waals surface area (Å²) in [6.07, 6.45) is 1.94. The maximum absolute atomic E-state index is 13.4. The zero-order valence-corrected chi connectivity index (χ0v) is 16.5. The van der Waals surface area contributed by atoms with Crippen molar-refractivity contribution in [2.75, 3.05) is 7.11 Å². The summed E-state index contributed by atoms with van der Waals surface area (Å²) < 4.78 is 44.3. The maximum Gasteiger partial charge on any atom is 0.330 e. The molecule has 0 N–H and O–H groups in total. The number of ether oxygens (including phenoxy) is 1. The number of nitrogens with zero attached hydrogens (tertiary/aromatic N) is 2. The summed E-state index contributed by atoms with van der Waals surface area (Å²) in [7, 11) is 1.13. The summed E-state index contributed by atoms with van der Waals surface area (Å²) in [5, 5.41) is 7.79. The number of benzene rings is 2. The zero-order chi connectivity index (χ0) is 21.8. The molecule has 0 fully saturated rings. The summed E-state index contributed by atoms with van der Waals surface area (Å²) in [5.74, 6) is -2.15. The quantitative estimate of drug-likeness (QED) is 0.365. The van der Waals surface area contributed by atoms with E-state index in [1.54, 1.807) is 12.1 Å². The van der Waals surface area contributed by atoms with Crippen LogP contribution in [0.15, 0.2) is 30.3 Å². The SMILES string of the molecule is COC(=O)/C=C/c1nn(OF)c2cc(Cc3ccc(Cl)cc3Cl)c(OF)c(OF)c12. The van der Waals surface area contributed by atoms with Gasteiger partial charge in [0.1, 0.15) is 11.2 Å². The van der Waals surface area contributed by atoms with Crippen molar-refractivity contribution in [3.63, 3.8) is 0 Å². The van der Waals surface area contributed by atoms with Gasteiger partial charge in [0.2, 0.25) is 11.5 Å². The minimum atomic E-state index is -0.766. The van der Waals surface area contributed by atoms with Gasteiger partial charge in [0.05, 0.1) is 12.5 Å². The van der Waals surface area contributed by atoms with Gasteiger partial charge in [-0.2, -0.15) is 5.04 Å². The average Bonchev–Trinajstić information content (AvgIpc) is 3.10. The standard InChI is InChI=1S/C18H11Cl2F3N2O5/c1-27-15(26)5-4-13-16-14(25(24-13)30-23)7-10(17(28-21)18(16)29-22)6-9-2-3-11(19)8-12(9)20/h2-5,7-8H,6H2,1H3/b5-4+. The number of hydrogen-bond acceptors (Lipinski definition) is 6. The number of esters is 1. The molecule has 7 nitrogen and oxygen atoms in total. The molecule has 0 aliphatic carbocycles. The van der Waals surface area contributed by atoms with Crippen LogP contribution in [0.2, 0.25) is 10.0 Å². The Balaban J connectivity index is 2.22. The summed E-state index contributed by atoms with van der Waals surface area (Å²) >= 11 is 12.0. The topological polar surface area (TPSA) is 71.8 Å². The van der Waals surface area contributed by atoms with E-state index in [0.717, 1.165) is 19.3 Å². The number of methoxy groups -OCH3 is 1. The second-order valence-corrected chi connectivity index (χ2v) is 6.68. The van der Waals surface area contributed by atoms with E-state index < -0.39 is 17.5 Å². The molecule has 0 saturated carbocycles. The molecule has 0 saturated heterocycles. The van der Waals surface area contributed by atoms with Crippen LogP contribution < -0.4 is 14.9 Å². The molecular weight excluding hydrogens is 452 g/mol. The van der Waals surface area contributed by atoms with Crippen molar-refractivity contribution in [3.8, 4) is 11.5 Å². The van der Waals surface area contributed by atoms with Crippen LogP contribution in [-0.2, 0) is 16.0 Å². The number of carbonyl (C=O) groups is 1. The van der Waals surface area contributed by atoms with E-state index in [2.05, 4.69) is 24.8 Å². The van der Waals surface area contributed by atoms with Crippen molar-refractivity contribution in [1.82, 2.24) is 9.94 Å². The van der Waals surface area contributed by atoms with Crippen LogP contribution in [0.4, 0.5) is 13.6 Å². The fraction of sp³-hybridized carbons (Fsp3) is 0.111. The first-order valence-corrected chi connectivity index (χ1v) is 8.83. The Morgan fingerprint density at radius 2 is 1.87 bits per heavy atom. The van der Waals surface area contributed by atoms with E-state index >= 15 is 0 Å². The Hall–Kier alpha value is -3.11. The molecule has 0 radical (unpaired) electrons. The first kappa shape index (κ1) is 21.6. The first-order valence-electron chi connectivity index (χ1n) is 8.08. The lowest BCUT2D eigenvalue weighted by Crippen LogP contribution is -2.04. The van der Waals surface area contributed by atoms with E-state index in [0.29, 0.717) is 15.4 Å². The third-order valence-electron chi connectivity index (χ3n) is 4.15. The van der Waals surface area contributed by atoms with Crippen molar-refractivity contribution in [2.45, 2.75) is 6.42 Å². The Kier molecular flexibility index (Phi) is 6.58. The lowest BCUT2D eigenvalue weighted by atomic mass is 10.0. The summed E-state index contributed by atoms with van der Waals surface area (Å²) in [4.78, 5) is 19.4. The Morgan fingerprint density at radius 3 is 2.47 bits per heavy atom. The molecule has 0 bridgehead atoms. The molecule has 30 heavy (non-hydrogen) atoms. The van der Waals surface area contributed by atoms with E-state index in [4.69, 9.17) is 23.2 Å². The molecule has 3 rings (SSSR count). The first-order chi connectivity index (χ1) is 14.4. The molecule has 0 atom stereocenters. The van der Waals surface area contributed by atoms with Gasteiger partial charge in [0.15, 0.2) is 0 Å². The van der Waals surface area contributed by atoms with Gasteiger partial charge >= 0.3 is 5.97 Å². The number of halogens is 5. The average molecular weight is 463 g/mol. The molecule has 3 aromatic rings. The lowest BCUT2D eigenvalue weighted by molar-refractivity contribution is -0.146. The van der Waals surface area contributed by atoms with Crippen LogP contribution in [0.5, 0.6) is 11.5 Å². The minimum absolute atomic E-state index is 0.0311. The van der Waals surface area contributed by atoms with Crippen LogP contribution in [0, 0.1) is 0 Å². The Bertz CT molecular complexity index is 1140.